The van der Waals surface area contributed by atoms with Crippen LogP contribution in [0.15, 0.2) is 77.2 Å². The fourth-order valence-electron chi connectivity index (χ4n) is 2.67. The van der Waals surface area contributed by atoms with E-state index < -0.39 is 31.5 Å². The van der Waals surface area contributed by atoms with Crippen LogP contribution in [-0.4, -0.2) is 19.2 Å². The van der Waals surface area contributed by atoms with Gasteiger partial charge in [-0.15, -0.1) is 0 Å². The van der Waals surface area contributed by atoms with Gasteiger partial charge in [0.1, 0.15) is 22.3 Å². The molecule has 0 saturated heterocycles. The van der Waals surface area contributed by atoms with E-state index in [4.69, 9.17) is 27.4 Å². The maximum absolute atomic E-state index is 12.5. The second-order valence-electron chi connectivity index (χ2n) is 6.62. The summed E-state index contributed by atoms with van der Waals surface area (Å²) < 4.78 is 30.1. The normalized spacial score (nSPS) is 11.4. The predicted molar refractivity (Wildman–Crippen MR) is 126 cm³/mol. The number of nitro benzene ring substituents is 1. The van der Waals surface area contributed by atoms with E-state index in [-0.39, 0.29) is 16.3 Å². The largest absolute Gasteiger partial charge is 0.379 e. The van der Waals surface area contributed by atoms with Gasteiger partial charge < -0.3 is 9.50 Å². The number of amides is 1. The van der Waals surface area contributed by atoms with E-state index in [1.54, 1.807) is 6.07 Å². The maximum Gasteiger partial charge on any atom is 0.339 e. The molecule has 12 heteroatoms. The van der Waals surface area contributed by atoms with E-state index in [2.05, 4.69) is 5.32 Å². The second-order valence-corrected chi connectivity index (χ2v) is 8.98. The molecule has 1 N–H and O–H groups in total. The minimum Gasteiger partial charge on any atom is -0.379 e. The third-order valence-electron chi connectivity index (χ3n) is 4.23. The summed E-state index contributed by atoms with van der Waals surface area (Å²) in [5, 5.41) is 23.3. The van der Waals surface area contributed by atoms with Gasteiger partial charge in [0.25, 0.3) is 11.6 Å². The van der Waals surface area contributed by atoms with Crippen LogP contribution in [0.3, 0.4) is 0 Å². The molecule has 1 amide bonds. The lowest BCUT2D eigenvalue weighted by Gasteiger charge is -2.08. The topological polar surface area (TPSA) is 139 Å². The molecule has 0 fully saturated rings. The highest BCUT2D eigenvalue weighted by Crippen LogP contribution is 2.26. The summed E-state index contributed by atoms with van der Waals surface area (Å²) >= 11 is 11.8. The molecule has 0 saturated carbocycles. The summed E-state index contributed by atoms with van der Waals surface area (Å²) in [5.41, 5.74) is -0.0639. The third-order valence-corrected chi connectivity index (χ3v) is 6.22. The summed E-state index contributed by atoms with van der Waals surface area (Å²) in [6.45, 7) is 0. The minimum atomic E-state index is -4.38. The van der Waals surface area contributed by atoms with Crippen molar-refractivity contribution in [1.82, 2.24) is 0 Å². The van der Waals surface area contributed by atoms with Crippen LogP contribution >= 0.6 is 23.2 Å². The van der Waals surface area contributed by atoms with Crippen molar-refractivity contribution in [2.75, 3.05) is 5.32 Å². The molecule has 0 bridgehead atoms. The van der Waals surface area contributed by atoms with Gasteiger partial charge in [-0.1, -0.05) is 41.4 Å². The fourth-order valence-corrected chi connectivity index (χ4v) is 3.93. The lowest BCUT2D eigenvalue weighted by molar-refractivity contribution is -0.385. The van der Waals surface area contributed by atoms with Gasteiger partial charge in [-0.3, -0.25) is 14.9 Å². The Kier molecular flexibility index (Phi) is 7.53. The highest BCUT2D eigenvalue weighted by atomic mass is 35.5. The molecule has 172 valence electrons. The minimum absolute atomic E-state index is 0.123. The van der Waals surface area contributed by atoms with Crippen LogP contribution < -0.4 is 9.50 Å². The van der Waals surface area contributed by atoms with Crippen LogP contribution in [0.25, 0.3) is 6.08 Å². The molecule has 0 aliphatic heterocycles. The number of rotatable bonds is 7. The van der Waals surface area contributed by atoms with Gasteiger partial charge in [-0.25, -0.2) is 0 Å². The average molecular weight is 518 g/mol. The second kappa shape index (κ2) is 10.4. The molecule has 0 radical (unpaired) electrons. The number of nitro groups is 1. The van der Waals surface area contributed by atoms with E-state index in [9.17, 15) is 28.6 Å². The molecule has 0 aromatic heterocycles. The number of nitrogens with zero attached hydrogens (tertiary/aromatic N) is 2. The molecule has 0 heterocycles. The van der Waals surface area contributed by atoms with E-state index in [1.807, 2.05) is 0 Å². The number of hydrogen-bond acceptors (Lipinski definition) is 7. The molecule has 3 rings (SSSR count). The SMILES string of the molecule is N#C/C(=C/c1cccc(OS(=O)(=O)c2cccc([N+](=O)[O-])c2)c1)C(=O)Nc1ccc(Cl)c(Cl)c1. The number of benzene rings is 3. The summed E-state index contributed by atoms with van der Waals surface area (Å²) in [6, 6.07) is 16.2. The Labute approximate surface area is 204 Å². The van der Waals surface area contributed by atoms with Crippen molar-refractivity contribution in [1.29, 1.82) is 5.26 Å². The van der Waals surface area contributed by atoms with Crippen LogP contribution in [0.5, 0.6) is 5.75 Å². The van der Waals surface area contributed by atoms with Gasteiger partial charge >= 0.3 is 10.1 Å². The zero-order valence-corrected chi connectivity index (χ0v) is 19.3. The molecule has 34 heavy (non-hydrogen) atoms. The van der Waals surface area contributed by atoms with Gasteiger partial charge in [-0.05, 0) is 48.0 Å². The number of nitrogens with one attached hydrogen (secondary N) is 1. The van der Waals surface area contributed by atoms with E-state index >= 15 is 0 Å². The summed E-state index contributed by atoms with van der Waals surface area (Å²) in [6.07, 6.45) is 1.24. The van der Waals surface area contributed by atoms with Gasteiger partial charge in [0, 0.05) is 17.8 Å². The third kappa shape index (κ3) is 6.11. The first kappa shape index (κ1) is 24.7. The predicted octanol–water partition coefficient (Wildman–Crippen LogP) is 5.21. The Morgan fingerprint density at radius 2 is 1.79 bits per heavy atom. The summed E-state index contributed by atoms with van der Waals surface area (Å²) in [5.74, 6) is -0.848. The maximum atomic E-state index is 12.5. The van der Waals surface area contributed by atoms with Crippen molar-refractivity contribution in [3.63, 3.8) is 0 Å². The Bertz CT molecular complexity index is 1470. The number of non-ortho nitro benzene ring substituents is 1. The Morgan fingerprint density at radius 1 is 1.06 bits per heavy atom. The van der Waals surface area contributed by atoms with Gasteiger partial charge in [0.05, 0.1) is 15.0 Å². The monoisotopic (exact) mass is 517 g/mol. The molecule has 0 atom stereocenters. The zero-order valence-electron chi connectivity index (χ0n) is 16.9. The van der Waals surface area contributed by atoms with E-state index in [0.717, 1.165) is 18.2 Å². The van der Waals surface area contributed by atoms with Crippen molar-refractivity contribution in [3.8, 4) is 11.8 Å². The van der Waals surface area contributed by atoms with Crippen LogP contribution in [-0.2, 0) is 14.9 Å². The Balaban J connectivity index is 1.82. The van der Waals surface area contributed by atoms with Crippen molar-refractivity contribution in [2.45, 2.75) is 4.90 Å². The molecular formula is C22H13Cl2N3O6S. The van der Waals surface area contributed by atoms with Crippen molar-refractivity contribution < 1.29 is 22.3 Å². The average Bonchev–Trinajstić information content (AvgIpc) is 2.80. The molecule has 3 aromatic carbocycles. The number of hydrogen-bond donors (Lipinski definition) is 1. The first-order chi connectivity index (χ1) is 16.1. The van der Waals surface area contributed by atoms with Crippen LogP contribution in [0.2, 0.25) is 10.0 Å². The first-order valence-corrected chi connectivity index (χ1v) is 11.4. The smallest absolute Gasteiger partial charge is 0.339 e. The van der Waals surface area contributed by atoms with Crippen molar-refractivity contribution in [3.05, 3.63) is 98.0 Å². The number of carbonyl (C=O) groups excluding carboxylic acids is 1. The Hall–Kier alpha value is -3.91. The summed E-state index contributed by atoms with van der Waals surface area (Å²) in [7, 11) is -4.38. The number of halogens is 2. The van der Waals surface area contributed by atoms with Gasteiger partial charge in [-0.2, -0.15) is 13.7 Å². The molecule has 0 spiro atoms. The summed E-state index contributed by atoms with van der Waals surface area (Å²) in [4.78, 5) is 22.3. The van der Waals surface area contributed by atoms with Gasteiger partial charge in [0.15, 0.2) is 0 Å². The number of carbonyl (C=O) groups is 1. The standard InChI is InChI=1S/C22H13Cl2N3O6S/c23-20-8-7-16(11-21(20)24)26-22(28)15(13-25)9-14-3-1-5-18(10-14)33-34(31,32)19-6-2-4-17(12-19)27(29)30/h1-12H,(H,26,28)/b15-9-. The highest BCUT2D eigenvalue weighted by Gasteiger charge is 2.20. The van der Waals surface area contributed by atoms with E-state index in [0.29, 0.717) is 16.3 Å². The molecule has 3 aromatic rings. The van der Waals surface area contributed by atoms with Crippen LogP contribution in [0.1, 0.15) is 5.56 Å². The lowest BCUT2D eigenvalue weighted by Crippen LogP contribution is -2.13. The van der Waals surface area contributed by atoms with Crippen molar-refractivity contribution in [2.24, 2.45) is 0 Å². The molecular weight excluding hydrogens is 505 g/mol. The molecule has 0 aliphatic carbocycles. The number of nitriles is 1. The zero-order chi connectivity index (χ0) is 24.9. The fraction of sp³-hybridized carbons (Fsp3) is 0. The Morgan fingerprint density at radius 3 is 2.47 bits per heavy atom. The highest BCUT2D eigenvalue weighted by molar-refractivity contribution is 7.87. The molecule has 0 aliphatic rings. The van der Waals surface area contributed by atoms with Crippen LogP contribution in [0.4, 0.5) is 11.4 Å². The first-order valence-electron chi connectivity index (χ1n) is 9.26. The van der Waals surface area contributed by atoms with E-state index in [1.165, 1.54) is 54.6 Å². The van der Waals surface area contributed by atoms with Gasteiger partial charge in [0.2, 0.25) is 0 Å². The quantitative estimate of drug-likeness (QED) is 0.149. The lowest BCUT2D eigenvalue weighted by atomic mass is 10.1. The molecule has 0 unspecified atom stereocenters. The van der Waals surface area contributed by atoms with Crippen LogP contribution in [0, 0.1) is 21.4 Å². The van der Waals surface area contributed by atoms with Crippen molar-refractivity contribution >= 4 is 56.7 Å². The number of anilines is 1. The molecule has 9 nitrogen and oxygen atoms in total.